The Morgan fingerprint density at radius 3 is 2.35 bits per heavy atom. The standard InChI is InChI=1S/C19H27NO5S/c1-18(22)9-12-25-19(14-18)7-10-20(11-8-19)17(21)13-15-3-5-16(6-4-15)26(2,23)24/h3-6,22H,7-14H2,1-2H3. The first-order chi connectivity index (χ1) is 12.1. The Balaban J connectivity index is 1.57. The molecule has 0 saturated carbocycles. The Hall–Kier alpha value is -1.44. The lowest BCUT2D eigenvalue weighted by molar-refractivity contribution is -0.175. The van der Waals surface area contributed by atoms with E-state index in [1.54, 1.807) is 24.3 Å². The van der Waals surface area contributed by atoms with E-state index in [9.17, 15) is 18.3 Å². The lowest BCUT2D eigenvalue weighted by atomic mass is 9.78. The summed E-state index contributed by atoms with van der Waals surface area (Å²) in [6.07, 6.45) is 4.18. The molecule has 1 N–H and O–H groups in total. The number of likely N-dealkylation sites (tertiary alicyclic amines) is 1. The highest BCUT2D eigenvalue weighted by Crippen LogP contribution is 2.39. The van der Waals surface area contributed by atoms with Crippen LogP contribution in [0.4, 0.5) is 0 Å². The van der Waals surface area contributed by atoms with Crippen molar-refractivity contribution in [1.82, 2.24) is 4.90 Å². The first-order valence-electron chi connectivity index (χ1n) is 9.02. The van der Waals surface area contributed by atoms with Crippen molar-refractivity contribution in [3.63, 3.8) is 0 Å². The zero-order valence-corrected chi connectivity index (χ0v) is 16.2. The van der Waals surface area contributed by atoms with Crippen LogP contribution >= 0.6 is 0 Å². The number of carbonyl (C=O) groups excluding carboxylic acids is 1. The van der Waals surface area contributed by atoms with Gasteiger partial charge in [-0.25, -0.2) is 8.42 Å². The number of piperidine rings is 1. The van der Waals surface area contributed by atoms with Crippen LogP contribution < -0.4 is 0 Å². The van der Waals surface area contributed by atoms with Gasteiger partial charge >= 0.3 is 0 Å². The molecule has 0 aromatic heterocycles. The van der Waals surface area contributed by atoms with Crippen LogP contribution in [0.1, 0.15) is 38.2 Å². The highest BCUT2D eigenvalue weighted by molar-refractivity contribution is 7.90. The van der Waals surface area contributed by atoms with Crippen molar-refractivity contribution in [1.29, 1.82) is 0 Å². The third kappa shape index (κ3) is 4.45. The number of aliphatic hydroxyl groups is 1. The molecule has 144 valence electrons. The molecule has 2 aliphatic heterocycles. The summed E-state index contributed by atoms with van der Waals surface area (Å²) in [5.74, 6) is 0.0366. The zero-order valence-electron chi connectivity index (χ0n) is 15.4. The fourth-order valence-corrected chi connectivity index (χ4v) is 4.58. The molecule has 2 fully saturated rings. The molecule has 1 unspecified atom stereocenters. The predicted octanol–water partition coefficient (Wildman–Crippen LogP) is 1.56. The molecule has 26 heavy (non-hydrogen) atoms. The molecule has 1 aromatic rings. The van der Waals surface area contributed by atoms with E-state index in [4.69, 9.17) is 4.74 Å². The number of amides is 1. The summed E-state index contributed by atoms with van der Waals surface area (Å²) >= 11 is 0. The van der Waals surface area contributed by atoms with Gasteiger partial charge in [-0.2, -0.15) is 0 Å². The summed E-state index contributed by atoms with van der Waals surface area (Å²) in [7, 11) is -3.22. The van der Waals surface area contributed by atoms with Crippen molar-refractivity contribution < 1.29 is 23.1 Å². The van der Waals surface area contributed by atoms with E-state index in [0.717, 1.165) is 18.4 Å². The second kappa shape index (κ2) is 6.94. The topological polar surface area (TPSA) is 83.9 Å². The summed E-state index contributed by atoms with van der Waals surface area (Å²) in [4.78, 5) is 14.7. The van der Waals surface area contributed by atoms with Crippen molar-refractivity contribution in [2.75, 3.05) is 26.0 Å². The van der Waals surface area contributed by atoms with Crippen LogP contribution in [0.2, 0.25) is 0 Å². The number of ether oxygens (including phenoxy) is 1. The van der Waals surface area contributed by atoms with Gasteiger partial charge in [0, 0.05) is 25.8 Å². The minimum Gasteiger partial charge on any atom is -0.390 e. The molecule has 0 aliphatic carbocycles. The summed E-state index contributed by atoms with van der Waals surface area (Å²) < 4.78 is 29.0. The Bertz CT molecular complexity index is 762. The monoisotopic (exact) mass is 381 g/mol. The molecule has 0 radical (unpaired) electrons. The van der Waals surface area contributed by atoms with Gasteiger partial charge in [0.25, 0.3) is 0 Å². The number of hydrogen-bond donors (Lipinski definition) is 1. The first kappa shape index (κ1) is 19.3. The van der Waals surface area contributed by atoms with Crippen molar-refractivity contribution in [3.05, 3.63) is 29.8 Å². The Kier molecular flexibility index (Phi) is 5.16. The van der Waals surface area contributed by atoms with Gasteiger partial charge in [-0.1, -0.05) is 12.1 Å². The Morgan fingerprint density at radius 2 is 1.81 bits per heavy atom. The summed E-state index contributed by atoms with van der Waals surface area (Å²) in [6, 6.07) is 6.48. The number of hydrogen-bond acceptors (Lipinski definition) is 5. The molecule has 1 atom stereocenters. The maximum absolute atomic E-state index is 12.6. The zero-order chi connectivity index (χ0) is 19.0. The maximum atomic E-state index is 12.6. The molecule has 0 bridgehead atoms. The smallest absolute Gasteiger partial charge is 0.226 e. The second-order valence-electron chi connectivity index (χ2n) is 7.93. The van der Waals surface area contributed by atoms with E-state index in [1.807, 2.05) is 11.8 Å². The molecular weight excluding hydrogens is 354 g/mol. The van der Waals surface area contributed by atoms with Crippen LogP contribution in [0, 0.1) is 0 Å². The number of rotatable bonds is 3. The molecule has 1 spiro atoms. The fourth-order valence-electron chi connectivity index (χ4n) is 3.95. The van der Waals surface area contributed by atoms with Gasteiger partial charge < -0.3 is 14.7 Å². The summed E-state index contributed by atoms with van der Waals surface area (Å²) in [5, 5.41) is 10.3. The quantitative estimate of drug-likeness (QED) is 0.859. The maximum Gasteiger partial charge on any atom is 0.226 e. The third-order valence-electron chi connectivity index (χ3n) is 5.49. The van der Waals surface area contributed by atoms with Crippen molar-refractivity contribution >= 4 is 15.7 Å². The summed E-state index contributed by atoms with van der Waals surface area (Å²) in [6.45, 7) is 3.66. The second-order valence-corrected chi connectivity index (χ2v) is 9.94. The Labute approximate surface area is 155 Å². The number of nitrogens with zero attached hydrogens (tertiary/aromatic N) is 1. The largest absolute Gasteiger partial charge is 0.390 e. The highest BCUT2D eigenvalue weighted by Gasteiger charge is 2.44. The lowest BCUT2D eigenvalue weighted by Gasteiger charge is -2.48. The molecular formula is C19H27NO5S. The molecule has 7 heteroatoms. The van der Waals surface area contributed by atoms with Crippen LogP contribution in [-0.2, 0) is 25.8 Å². The van der Waals surface area contributed by atoms with Crippen LogP contribution in [-0.4, -0.2) is 61.5 Å². The van der Waals surface area contributed by atoms with Crippen LogP contribution in [0.15, 0.2) is 29.2 Å². The first-order valence-corrected chi connectivity index (χ1v) is 10.9. The van der Waals surface area contributed by atoms with Gasteiger partial charge in [-0.05, 0) is 43.9 Å². The SMILES string of the molecule is CC1(O)CCOC2(CCN(C(=O)Cc3ccc(S(C)(=O)=O)cc3)CC2)C1. The normalized spacial score (nSPS) is 26.0. The molecule has 2 aliphatic rings. The van der Waals surface area contributed by atoms with Crippen molar-refractivity contribution in [2.24, 2.45) is 0 Å². The van der Waals surface area contributed by atoms with Gasteiger partial charge in [-0.15, -0.1) is 0 Å². The molecule has 3 rings (SSSR count). The minimum atomic E-state index is -3.22. The van der Waals surface area contributed by atoms with Gasteiger partial charge in [0.1, 0.15) is 0 Å². The van der Waals surface area contributed by atoms with Crippen LogP contribution in [0.25, 0.3) is 0 Å². The highest BCUT2D eigenvalue weighted by atomic mass is 32.2. The van der Waals surface area contributed by atoms with E-state index in [1.165, 1.54) is 6.26 Å². The number of benzene rings is 1. The van der Waals surface area contributed by atoms with E-state index < -0.39 is 15.4 Å². The number of sulfone groups is 1. The molecule has 2 saturated heterocycles. The van der Waals surface area contributed by atoms with Crippen LogP contribution in [0.3, 0.4) is 0 Å². The fraction of sp³-hybridized carbons (Fsp3) is 0.632. The third-order valence-corrected chi connectivity index (χ3v) is 6.61. The van der Waals surface area contributed by atoms with E-state index in [0.29, 0.717) is 32.5 Å². The molecule has 1 amide bonds. The molecule has 6 nitrogen and oxygen atoms in total. The summed E-state index contributed by atoms with van der Waals surface area (Å²) in [5.41, 5.74) is -0.193. The van der Waals surface area contributed by atoms with Gasteiger partial charge in [0.15, 0.2) is 9.84 Å². The molecule has 1 aromatic carbocycles. The average Bonchev–Trinajstić information content (AvgIpc) is 2.54. The van der Waals surface area contributed by atoms with Crippen molar-refractivity contribution in [2.45, 2.75) is 55.1 Å². The number of carbonyl (C=O) groups is 1. The van der Waals surface area contributed by atoms with Gasteiger partial charge in [-0.3, -0.25) is 4.79 Å². The molecule has 2 heterocycles. The van der Waals surface area contributed by atoms with Gasteiger partial charge in [0.2, 0.25) is 5.91 Å². The predicted molar refractivity (Wildman–Crippen MR) is 97.6 cm³/mol. The van der Waals surface area contributed by atoms with Crippen LogP contribution in [0.5, 0.6) is 0 Å². The average molecular weight is 381 g/mol. The Morgan fingerprint density at radius 1 is 1.19 bits per heavy atom. The van der Waals surface area contributed by atoms with E-state index in [2.05, 4.69) is 0 Å². The minimum absolute atomic E-state index is 0.0366. The lowest BCUT2D eigenvalue weighted by Crippen LogP contribution is -2.54. The van der Waals surface area contributed by atoms with E-state index >= 15 is 0 Å². The van der Waals surface area contributed by atoms with E-state index in [-0.39, 0.29) is 22.8 Å². The van der Waals surface area contributed by atoms with Crippen molar-refractivity contribution in [3.8, 4) is 0 Å². The van der Waals surface area contributed by atoms with Gasteiger partial charge in [0.05, 0.1) is 29.1 Å².